The molecule has 1 aromatic heterocycles. The Labute approximate surface area is 63.0 Å². The number of fused-ring (bicyclic) bond motifs is 1. The first-order valence-electron chi connectivity index (χ1n) is 2.61. The van der Waals surface area contributed by atoms with Crippen LogP contribution < -0.4 is 0 Å². The largest absolute Gasteiger partial charge is 0.302 e. The lowest BCUT2D eigenvalue weighted by Gasteiger charge is -1.97. The average Bonchev–Trinajstić information content (AvgIpc) is 2.33. The van der Waals surface area contributed by atoms with Crippen molar-refractivity contribution in [2.75, 3.05) is 0 Å². The molecule has 1 aliphatic heterocycles. The summed E-state index contributed by atoms with van der Waals surface area (Å²) >= 11 is 0.169. The normalized spacial score (nSPS) is 14.7. The highest BCUT2D eigenvalue weighted by molar-refractivity contribution is 14.2. The minimum atomic E-state index is 0.169. The lowest BCUT2D eigenvalue weighted by Crippen LogP contribution is -1.95. The summed E-state index contributed by atoms with van der Waals surface area (Å²) in [5, 5.41) is 0. The zero-order chi connectivity index (χ0) is 6.10. The molecule has 2 heterocycles. The van der Waals surface area contributed by atoms with E-state index in [1.54, 1.807) is 0 Å². The topological polar surface area (TPSA) is 17.8 Å². The van der Waals surface area contributed by atoms with Crippen LogP contribution >= 0.6 is 20.7 Å². The van der Waals surface area contributed by atoms with Gasteiger partial charge in [-0.3, -0.25) is 0 Å². The van der Waals surface area contributed by atoms with E-state index in [0.717, 1.165) is 5.82 Å². The van der Waals surface area contributed by atoms with Crippen molar-refractivity contribution < 1.29 is 0 Å². The summed E-state index contributed by atoms with van der Waals surface area (Å²) in [5.74, 6) is 1.06. The van der Waals surface area contributed by atoms with Crippen molar-refractivity contribution in [1.82, 2.24) is 9.55 Å². The molecule has 0 atom stereocenters. The third-order valence-electron chi connectivity index (χ3n) is 1.14. The molecule has 0 amide bonds. The number of hydrogen-bond donors (Lipinski definition) is 0. The molecule has 3 heteroatoms. The van der Waals surface area contributed by atoms with E-state index in [1.807, 2.05) is 12.4 Å². The maximum atomic E-state index is 4.12. The Morgan fingerprint density at radius 1 is 1.56 bits per heavy atom. The third kappa shape index (κ3) is 0.849. The van der Waals surface area contributed by atoms with Gasteiger partial charge in [0, 0.05) is 16.5 Å². The summed E-state index contributed by atoms with van der Waals surface area (Å²) in [6.07, 6.45) is 5.89. The number of aromatic nitrogens is 2. The van der Waals surface area contributed by atoms with E-state index in [1.165, 1.54) is 0 Å². The van der Waals surface area contributed by atoms with E-state index in [4.69, 9.17) is 0 Å². The number of halogens is 1. The van der Waals surface area contributed by atoms with Crippen LogP contribution in [-0.4, -0.2) is 13.7 Å². The maximum absolute atomic E-state index is 4.12. The second-order valence-electron chi connectivity index (χ2n) is 1.71. The molecule has 0 saturated heterocycles. The molecule has 9 heavy (non-hydrogen) atoms. The molecule has 0 N–H and O–H groups in total. The Bertz CT molecular complexity index is 246. The Balaban J connectivity index is 2.68. The highest BCUT2D eigenvalue weighted by Crippen LogP contribution is 2.10. The van der Waals surface area contributed by atoms with Crippen LogP contribution in [0.5, 0.6) is 0 Å². The van der Waals surface area contributed by atoms with Gasteiger partial charge in [-0.05, 0) is 10.2 Å². The molecule has 0 radical (unpaired) electrons. The fourth-order valence-corrected chi connectivity index (χ4v) is 2.25. The summed E-state index contributed by atoms with van der Waals surface area (Å²) in [4.78, 5) is 4.12. The lowest BCUT2D eigenvalue weighted by atomic mass is 10.6. The fourth-order valence-electron chi connectivity index (χ4n) is 0.722. The molecule has 0 aromatic carbocycles. The van der Waals surface area contributed by atoms with Crippen molar-refractivity contribution in [1.29, 1.82) is 0 Å². The van der Waals surface area contributed by atoms with Gasteiger partial charge in [0.1, 0.15) is 5.82 Å². The van der Waals surface area contributed by atoms with Crippen LogP contribution in [0, 0.1) is 0 Å². The van der Waals surface area contributed by atoms with Gasteiger partial charge in [-0.15, -0.1) is 0 Å². The van der Waals surface area contributed by atoms with Crippen molar-refractivity contribution in [3.63, 3.8) is 0 Å². The van der Waals surface area contributed by atoms with E-state index < -0.39 is 0 Å². The first-order chi connectivity index (χ1) is 4.47. The molecule has 0 unspecified atom stereocenters. The van der Waals surface area contributed by atoms with E-state index in [-0.39, 0.29) is 20.7 Å². The number of imidazole rings is 1. The molecule has 0 bridgehead atoms. The highest BCUT2D eigenvalue weighted by Gasteiger charge is 1.95. The minimum absolute atomic E-state index is 0.169. The predicted octanol–water partition coefficient (Wildman–Crippen LogP) is 1.45. The Hall–Kier alpha value is -0.450. The summed E-state index contributed by atoms with van der Waals surface area (Å²) in [5.41, 5.74) is 0. The summed E-state index contributed by atoms with van der Waals surface area (Å²) in [6, 6.07) is 0. The Morgan fingerprint density at radius 2 is 2.56 bits per heavy atom. The Morgan fingerprint density at radius 3 is 3.44 bits per heavy atom. The third-order valence-corrected chi connectivity index (χ3v) is 2.84. The monoisotopic (exact) mass is 232 g/mol. The SMILES string of the molecule is C1=Cc2nccn2C=I1. The van der Waals surface area contributed by atoms with Crippen LogP contribution in [0.15, 0.2) is 16.5 Å². The van der Waals surface area contributed by atoms with Gasteiger partial charge >= 0.3 is 0 Å². The fraction of sp³-hybridized carbons (Fsp3) is 0. The van der Waals surface area contributed by atoms with Gasteiger partial charge in [-0.25, -0.2) is 4.98 Å². The molecular formula is C6H5IN2. The minimum Gasteiger partial charge on any atom is -0.302 e. The standard InChI is InChI=1S/C6H5IN2/c1-2-7-5-9-4-3-8-6(1)9/h1-5H. The number of nitrogens with zero attached hydrogens (tertiary/aromatic N) is 2. The number of hydrogen-bond acceptors (Lipinski definition) is 1. The quantitative estimate of drug-likeness (QED) is 0.619. The van der Waals surface area contributed by atoms with Gasteiger partial charge < -0.3 is 4.57 Å². The smallest absolute Gasteiger partial charge is 0.137 e. The second kappa shape index (κ2) is 2.06. The molecule has 0 saturated carbocycles. The molecule has 2 rings (SSSR count). The molecular weight excluding hydrogens is 227 g/mol. The van der Waals surface area contributed by atoms with Crippen molar-refractivity contribution in [3.8, 4) is 0 Å². The van der Waals surface area contributed by atoms with Crippen LogP contribution in [0.4, 0.5) is 0 Å². The molecule has 2 nitrogen and oxygen atoms in total. The van der Waals surface area contributed by atoms with E-state index in [0.29, 0.717) is 0 Å². The van der Waals surface area contributed by atoms with Crippen LogP contribution in [0.25, 0.3) is 6.08 Å². The highest BCUT2D eigenvalue weighted by atomic mass is 127. The van der Waals surface area contributed by atoms with Crippen LogP contribution in [0.1, 0.15) is 5.82 Å². The molecule has 0 fully saturated rings. The zero-order valence-corrected chi connectivity index (χ0v) is 6.82. The lowest BCUT2D eigenvalue weighted by molar-refractivity contribution is 1.15. The summed E-state index contributed by atoms with van der Waals surface area (Å²) in [6.45, 7) is 0. The zero-order valence-electron chi connectivity index (χ0n) is 4.66. The van der Waals surface area contributed by atoms with Crippen molar-refractivity contribution >= 4 is 30.9 Å². The van der Waals surface area contributed by atoms with E-state index >= 15 is 0 Å². The van der Waals surface area contributed by atoms with Crippen molar-refractivity contribution in [2.24, 2.45) is 0 Å². The summed E-state index contributed by atoms with van der Waals surface area (Å²) < 4.78 is 6.50. The van der Waals surface area contributed by atoms with Gasteiger partial charge in [0.2, 0.25) is 0 Å². The van der Waals surface area contributed by atoms with Gasteiger partial charge in [0.15, 0.2) is 0 Å². The molecule has 1 aromatic rings. The molecule has 0 aliphatic carbocycles. The van der Waals surface area contributed by atoms with Gasteiger partial charge in [0.25, 0.3) is 0 Å². The number of rotatable bonds is 0. The Kier molecular flexibility index (Phi) is 1.22. The molecule has 46 valence electrons. The van der Waals surface area contributed by atoms with Crippen LogP contribution in [-0.2, 0) is 0 Å². The van der Waals surface area contributed by atoms with Crippen LogP contribution in [0.2, 0.25) is 0 Å². The van der Waals surface area contributed by atoms with Crippen molar-refractivity contribution in [2.45, 2.75) is 0 Å². The predicted molar refractivity (Wildman–Crippen MR) is 46.7 cm³/mol. The molecule has 0 spiro atoms. The second-order valence-corrected chi connectivity index (χ2v) is 3.70. The average molecular weight is 232 g/mol. The van der Waals surface area contributed by atoms with Crippen LogP contribution in [0.3, 0.4) is 0 Å². The summed E-state index contributed by atoms with van der Waals surface area (Å²) in [7, 11) is 0. The first-order valence-corrected chi connectivity index (χ1v) is 5.10. The van der Waals surface area contributed by atoms with E-state index in [9.17, 15) is 0 Å². The van der Waals surface area contributed by atoms with E-state index in [2.05, 4.69) is 23.8 Å². The van der Waals surface area contributed by atoms with Gasteiger partial charge in [-0.1, -0.05) is 20.7 Å². The van der Waals surface area contributed by atoms with Gasteiger partial charge in [0.05, 0.1) is 0 Å². The first kappa shape index (κ1) is 5.34. The molecule has 1 aliphatic rings. The van der Waals surface area contributed by atoms with Crippen molar-refractivity contribution in [3.05, 3.63) is 22.3 Å². The van der Waals surface area contributed by atoms with Gasteiger partial charge in [-0.2, -0.15) is 0 Å². The maximum Gasteiger partial charge on any atom is 0.137 e.